The predicted molar refractivity (Wildman–Crippen MR) is 94.1 cm³/mol. The Labute approximate surface area is 143 Å². The monoisotopic (exact) mass is 340 g/mol. The van der Waals surface area contributed by atoms with E-state index in [-0.39, 0.29) is 5.56 Å². The van der Waals surface area contributed by atoms with Crippen LogP contribution in [0.3, 0.4) is 0 Å². The number of rotatable bonds is 1. The first-order chi connectivity index (χ1) is 12.0. The fraction of sp³-hybridized carbons (Fsp3) is 0.150. The fourth-order valence-corrected chi connectivity index (χ4v) is 3.36. The molecule has 2 nitrogen and oxygen atoms in total. The summed E-state index contributed by atoms with van der Waals surface area (Å²) in [6.07, 6.45) is -4.45. The van der Waals surface area contributed by atoms with Gasteiger partial charge in [-0.1, -0.05) is 66.7 Å². The third-order valence-corrected chi connectivity index (χ3v) is 4.47. The summed E-state index contributed by atoms with van der Waals surface area (Å²) in [7, 11) is 1.77. The van der Waals surface area contributed by atoms with Crippen molar-refractivity contribution < 1.29 is 13.2 Å². The first-order valence-electron chi connectivity index (χ1n) is 7.92. The Morgan fingerprint density at radius 1 is 0.880 bits per heavy atom. The smallest absolute Gasteiger partial charge is 0.328 e. The van der Waals surface area contributed by atoms with E-state index in [4.69, 9.17) is 0 Å². The van der Waals surface area contributed by atoms with Crippen molar-refractivity contribution in [1.29, 1.82) is 0 Å². The maximum absolute atomic E-state index is 13.7. The maximum atomic E-state index is 13.7. The van der Waals surface area contributed by atoms with Crippen molar-refractivity contribution in [3.05, 3.63) is 77.9 Å². The summed E-state index contributed by atoms with van der Waals surface area (Å²) in [6.45, 7) is 0. The molecule has 1 aliphatic heterocycles. The number of aliphatic imine (C=N–C) groups is 1. The van der Waals surface area contributed by atoms with Gasteiger partial charge in [0.1, 0.15) is 5.84 Å². The first-order valence-corrected chi connectivity index (χ1v) is 7.92. The lowest BCUT2D eigenvalue weighted by Crippen LogP contribution is -2.36. The quantitative estimate of drug-likeness (QED) is 0.584. The van der Waals surface area contributed by atoms with E-state index < -0.39 is 12.2 Å². The number of benzene rings is 3. The molecule has 126 valence electrons. The lowest BCUT2D eigenvalue weighted by Gasteiger charge is -2.34. The van der Waals surface area contributed by atoms with Crippen LogP contribution in [0.25, 0.3) is 10.8 Å². The normalized spacial score (nSPS) is 17.4. The number of alkyl halides is 3. The third kappa shape index (κ3) is 2.56. The summed E-state index contributed by atoms with van der Waals surface area (Å²) in [5, 5.41) is 1.70. The molecule has 5 heteroatoms. The van der Waals surface area contributed by atoms with Gasteiger partial charge in [-0.3, -0.25) is 0 Å². The molecule has 4 rings (SSSR count). The van der Waals surface area contributed by atoms with Gasteiger partial charge in [-0.05, 0) is 5.39 Å². The molecular weight excluding hydrogens is 325 g/mol. The molecule has 1 heterocycles. The highest BCUT2D eigenvalue weighted by Gasteiger charge is 2.45. The average molecular weight is 340 g/mol. The average Bonchev–Trinajstić information content (AvgIpc) is 2.61. The topological polar surface area (TPSA) is 15.6 Å². The molecular formula is C20H15F3N2. The summed E-state index contributed by atoms with van der Waals surface area (Å²) in [6, 6.07) is 17.9. The molecule has 0 aliphatic carbocycles. The molecule has 0 bridgehead atoms. The molecule has 1 aliphatic rings. The Morgan fingerprint density at radius 3 is 2.28 bits per heavy atom. The van der Waals surface area contributed by atoms with Gasteiger partial charge in [-0.25, -0.2) is 4.99 Å². The van der Waals surface area contributed by atoms with Crippen LogP contribution in [0, 0.1) is 0 Å². The van der Waals surface area contributed by atoms with Crippen LogP contribution >= 0.6 is 0 Å². The third-order valence-electron chi connectivity index (χ3n) is 4.47. The van der Waals surface area contributed by atoms with E-state index in [0.29, 0.717) is 17.1 Å². The number of amidine groups is 1. The van der Waals surface area contributed by atoms with Crippen molar-refractivity contribution in [1.82, 2.24) is 0 Å². The molecule has 3 aromatic rings. The van der Waals surface area contributed by atoms with Crippen LogP contribution in [0.5, 0.6) is 0 Å². The van der Waals surface area contributed by atoms with Crippen molar-refractivity contribution in [2.24, 2.45) is 4.99 Å². The summed E-state index contributed by atoms with van der Waals surface area (Å²) < 4.78 is 41.1. The first kappa shape index (κ1) is 15.7. The summed E-state index contributed by atoms with van der Waals surface area (Å²) in [5.41, 5.74) is 1.42. The van der Waals surface area contributed by atoms with E-state index in [2.05, 4.69) is 4.99 Å². The highest BCUT2D eigenvalue weighted by Crippen LogP contribution is 2.46. The van der Waals surface area contributed by atoms with Crippen molar-refractivity contribution in [3.8, 4) is 0 Å². The van der Waals surface area contributed by atoms with E-state index in [1.807, 2.05) is 30.3 Å². The van der Waals surface area contributed by atoms with Crippen molar-refractivity contribution in [2.45, 2.75) is 12.2 Å². The number of anilines is 1. The van der Waals surface area contributed by atoms with E-state index >= 15 is 0 Å². The van der Waals surface area contributed by atoms with E-state index in [1.165, 1.54) is 6.07 Å². The number of halogens is 3. The molecule has 0 spiro atoms. The molecule has 25 heavy (non-hydrogen) atoms. The van der Waals surface area contributed by atoms with Gasteiger partial charge in [0, 0.05) is 23.6 Å². The minimum absolute atomic E-state index is 0.188. The molecule has 0 saturated heterocycles. The van der Waals surface area contributed by atoms with Crippen LogP contribution in [-0.2, 0) is 0 Å². The van der Waals surface area contributed by atoms with Crippen LogP contribution in [0.15, 0.2) is 71.7 Å². The number of nitrogens with zero attached hydrogens (tertiary/aromatic N) is 2. The van der Waals surface area contributed by atoms with Crippen LogP contribution in [0.4, 0.5) is 18.9 Å². The molecule has 0 N–H and O–H groups in total. The van der Waals surface area contributed by atoms with Gasteiger partial charge in [0.25, 0.3) is 0 Å². The Hall–Kier alpha value is -2.82. The zero-order valence-electron chi connectivity index (χ0n) is 13.5. The molecule has 3 aromatic carbocycles. The maximum Gasteiger partial charge on any atom is 0.415 e. The number of hydrogen-bond donors (Lipinski definition) is 0. The van der Waals surface area contributed by atoms with Crippen LogP contribution in [0.1, 0.15) is 17.2 Å². The predicted octanol–water partition coefficient (Wildman–Crippen LogP) is 5.34. The van der Waals surface area contributed by atoms with Gasteiger partial charge in [0.2, 0.25) is 0 Å². The lowest BCUT2D eigenvalue weighted by atomic mass is 9.95. The molecule has 0 fully saturated rings. The zero-order chi connectivity index (χ0) is 17.6. The Balaban J connectivity index is 2.01. The van der Waals surface area contributed by atoms with Crippen molar-refractivity contribution >= 4 is 22.3 Å². The molecule has 0 radical (unpaired) electrons. The second-order valence-corrected chi connectivity index (χ2v) is 6.05. The highest BCUT2D eigenvalue weighted by molar-refractivity contribution is 6.15. The standard InChI is InChI=1S/C20H15F3N2/c1-25-17-15-10-6-5-7-13(15)11-12-16(17)18(20(21,22)23)24-19(25)14-8-3-2-4-9-14/h2-12,18H,1H3. The SMILES string of the molecule is CN1C(c2ccccc2)=NC(C(F)(F)F)c2ccc3ccccc3c21. The number of fused-ring (bicyclic) bond motifs is 3. The van der Waals surface area contributed by atoms with Gasteiger partial charge in [0.15, 0.2) is 6.04 Å². The molecule has 0 saturated carbocycles. The fourth-order valence-electron chi connectivity index (χ4n) is 3.36. The molecule has 0 aromatic heterocycles. The second kappa shape index (κ2) is 5.62. The minimum Gasteiger partial charge on any atom is -0.328 e. The molecule has 0 amide bonds. The zero-order valence-corrected chi connectivity index (χ0v) is 13.5. The summed E-state index contributed by atoms with van der Waals surface area (Å²) >= 11 is 0. The summed E-state index contributed by atoms with van der Waals surface area (Å²) in [4.78, 5) is 5.83. The van der Waals surface area contributed by atoms with Crippen molar-refractivity contribution in [3.63, 3.8) is 0 Å². The van der Waals surface area contributed by atoms with Crippen LogP contribution in [-0.4, -0.2) is 19.1 Å². The van der Waals surface area contributed by atoms with Gasteiger partial charge >= 0.3 is 6.18 Å². The lowest BCUT2D eigenvalue weighted by molar-refractivity contribution is -0.148. The van der Waals surface area contributed by atoms with Gasteiger partial charge < -0.3 is 4.90 Å². The Morgan fingerprint density at radius 2 is 1.56 bits per heavy atom. The largest absolute Gasteiger partial charge is 0.415 e. The van der Waals surface area contributed by atoms with Gasteiger partial charge in [-0.2, -0.15) is 13.2 Å². The van der Waals surface area contributed by atoms with Crippen LogP contribution in [0.2, 0.25) is 0 Å². The van der Waals surface area contributed by atoms with Crippen LogP contribution < -0.4 is 4.90 Å². The molecule has 1 unspecified atom stereocenters. The number of hydrogen-bond acceptors (Lipinski definition) is 2. The van der Waals surface area contributed by atoms with E-state index in [9.17, 15) is 13.2 Å². The van der Waals surface area contributed by atoms with E-state index in [1.54, 1.807) is 42.3 Å². The highest BCUT2D eigenvalue weighted by atomic mass is 19.4. The van der Waals surface area contributed by atoms with Gasteiger partial charge in [-0.15, -0.1) is 0 Å². The summed E-state index contributed by atoms with van der Waals surface area (Å²) in [5.74, 6) is 0.326. The second-order valence-electron chi connectivity index (χ2n) is 6.05. The molecule has 1 atom stereocenters. The minimum atomic E-state index is -4.45. The van der Waals surface area contributed by atoms with Crippen molar-refractivity contribution in [2.75, 3.05) is 11.9 Å². The van der Waals surface area contributed by atoms with Gasteiger partial charge in [0.05, 0.1) is 5.69 Å². The Bertz CT molecular complexity index is 962. The van der Waals surface area contributed by atoms with E-state index in [0.717, 1.165) is 10.8 Å². The Kier molecular flexibility index (Phi) is 3.53.